The van der Waals surface area contributed by atoms with Crippen LogP contribution in [-0.4, -0.2) is 27.4 Å². The van der Waals surface area contributed by atoms with Crippen molar-refractivity contribution in [1.82, 2.24) is 0 Å². The van der Waals surface area contributed by atoms with E-state index < -0.39 is 15.5 Å². The van der Waals surface area contributed by atoms with Crippen LogP contribution in [0.15, 0.2) is 0 Å². The molecule has 0 aliphatic heterocycles. The summed E-state index contributed by atoms with van der Waals surface area (Å²) in [5.74, 6) is 0. The highest BCUT2D eigenvalue weighted by atomic mass is 31.2. The van der Waals surface area contributed by atoms with Gasteiger partial charge in [0.15, 0.2) is 0 Å². The Kier molecular flexibility index (Phi) is 7.25. The van der Waals surface area contributed by atoms with Crippen LogP contribution in [0.25, 0.3) is 0 Å². The Morgan fingerprint density at radius 1 is 1.19 bits per heavy atom. The van der Waals surface area contributed by atoms with Crippen molar-refractivity contribution in [2.75, 3.05) is 6.66 Å². The van der Waals surface area contributed by atoms with Gasteiger partial charge < -0.3 is 19.2 Å². The Balaban J connectivity index is 0. The molecule has 0 bridgehead atoms. The molecule has 0 aliphatic rings. The monoisotopic (exact) mass is 280 g/mol. The molecule has 0 fully saturated rings. The van der Waals surface area contributed by atoms with E-state index in [9.17, 15) is 8.76 Å². The number of phosphoric acid groups is 1. The quantitative estimate of drug-likeness (QED) is 0.670. The van der Waals surface area contributed by atoms with Crippen LogP contribution >= 0.6 is 15.5 Å². The van der Waals surface area contributed by atoms with Gasteiger partial charge in [0.05, 0.1) is 6.10 Å². The summed E-state index contributed by atoms with van der Waals surface area (Å²) in [7, 11) is -8.46. The van der Waals surface area contributed by atoms with E-state index >= 15 is 0 Å². The number of hydrogen-bond acceptors (Lipinski definition) is 3. The predicted molar refractivity (Wildman–Crippen MR) is 58.9 cm³/mol. The van der Waals surface area contributed by atoms with Gasteiger partial charge in [0.25, 0.3) is 0 Å². The molecule has 0 amide bonds. The minimum atomic E-state index is -4.64. The fourth-order valence-electron chi connectivity index (χ4n) is 0.441. The van der Waals surface area contributed by atoms with Crippen molar-refractivity contribution < 1.29 is 32.5 Å². The Bertz CT molecular complexity index is 279. The van der Waals surface area contributed by atoms with Gasteiger partial charge in [-0.1, -0.05) is 20.8 Å². The number of halogens is 1. The molecule has 0 aromatic carbocycles. The van der Waals surface area contributed by atoms with E-state index in [-0.39, 0.29) is 11.5 Å². The highest BCUT2D eigenvalue weighted by Gasteiger charge is 2.27. The van der Waals surface area contributed by atoms with E-state index in [0.29, 0.717) is 0 Å². The molecule has 6 nitrogen and oxygen atoms in total. The molecule has 0 heterocycles. The molecular formula is C7H19FO6P2. The first-order valence-corrected chi connectivity index (χ1v) is 7.89. The molecule has 0 saturated heterocycles. The summed E-state index contributed by atoms with van der Waals surface area (Å²) in [6.07, 6.45) is -0.330. The van der Waals surface area contributed by atoms with Crippen molar-refractivity contribution >= 4 is 15.5 Å². The molecule has 100 valence electrons. The molecule has 16 heavy (non-hydrogen) atoms. The van der Waals surface area contributed by atoms with Gasteiger partial charge >= 0.3 is 15.5 Å². The molecule has 2 unspecified atom stereocenters. The highest BCUT2D eigenvalue weighted by molar-refractivity contribution is 7.52. The smallest absolute Gasteiger partial charge is 0.303 e. The maximum atomic E-state index is 12.5. The molecule has 0 spiro atoms. The van der Waals surface area contributed by atoms with Crippen LogP contribution in [0.3, 0.4) is 0 Å². The molecule has 0 rings (SSSR count). The van der Waals surface area contributed by atoms with E-state index in [1.54, 1.807) is 6.92 Å². The fraction of sp³-hybridized carbons (Fsp3) is 1.00. The maximum absolute atomic E-state index is 12.5. The molecule has 0 saturated carbocycles. The standard InChI is InChI=1S/C7H16FO2P.H3O4P/c1-6(7(2,3)4)10-11(5,8)9;1-5(2,3)4/h6H,1-5H3;(H3,1,2,3,4). The van der Waals surface area contributed by atoms with Crippen LogP contribution < -0.4 is 0 Å². The maximum Gasteiger partial charge on any atom is 0.466 e. The van der Waals surface area contributed by atoms with Crippen LogP contribution in [0.4, 0.5) is 4.20 Å². The summed E-state index contributed by atoms with van der Waals surface area (Å²) in [4.78, 5) is 21.6. The lowest BCUT2D eigenvalue weighted by atomic mass is 9.91. The average molecular weight is 280 g/mol. The average Bonchev–Trinajstić information content (AvgIpc) is 1.75. The third-order valence-corrected chi connectivity index (χ3v) is 2.26. The number of hydrogen-bond donors (Lipinski definition) is 3. The third-order valence-electron chi connectivity index (χ3n) is 1.57. The summed E-state index contributed by atoms with van der Waals surface area (Å²) >= 11 is 0. The van der Waals surface area contributed by atoms with Crippen molar-refractivity contribution in [3.8, 4) is 0 Å². The zero-order chi connectivity index (χ0) is 13.8. The molecule has 2 atom stereocenters. The molecular weight excluding hydrogens is 261 g/mol. The fourth-order valence-corrected chi connectivity index (χ4v) is 1.32. The van der Waals surface area contributed by atoms with Crippen LogP contribution in [0.5, 0.6) is 0 Å². The van der Waals surface area contributed by atoms with Gasteiger partial charge in [-0.25, -0.2) is 4.57 Å². The lowest BCUT2D eigenvalue weighted by Crippen LogP contribution is -2.24. The topological polar surface area (TPSA) is 104 Å². The molecule has 0 radical (unpaired) electrons. The summed E-state index contributed by atoms with van der Waals surface area (Å²) in [6, 6.07) is 0. The largest absolute Gasteiger partial charge is 0.466 e. The van der Waals surface area contributed by atoms with Gasteiger partial charge in [-0.2, -0.15) is 4.20 Å². The van der Waals surface area contributed by atoms with Crippen LogP contribution in [0.1, 0.15) is 27.7 Å². The van der Waals surface area contributed by atoms with Crippen LogP contribution in [0, 0.1) is 5.41 Å². The Morgan fingerprint density at radius 2 is 1.44 bits per heavy atom. The van der Waals surface area contributed by atoms with Gasteiger partial charge in [-0.15, -0.1) is 0 Å². The predicted octanol–water partition coefficient (Wildman–Crippen LogP) is 2.30. The van der Waals surface area contributed by atoms with Gasteiger partial charge in [0.2, 0.25) is 0 Å². The first-order chi connectivity index (χ1) is 6.63. The number of rotatable bonds is 2. The van der Waals surface area contributed by atoms with E-state index in [4.69, 9.17) is 23.8 Å². The van der Waals surface area contributed by atoms with Gasteiger partial charge in [0.1, 0.15) is 0 Å². The second-order valence-corrected chi connectivity index (χ2v) is 7.10. The van der Waals surface area contributed by atoms with Crippen molar-refractivity contribution in [2.45, 2.75) is 33.8 Å². The zero-order valence-corrected chi connectivity index (χ0v) is 11.7. The second-order valence-electron chi connectivity index (χ2n) is 4.37. The summed E-state index contributed by atoms with van der Waals surface area (Å²) < 4.78 is 36.7. The van der Waals surface area contributed by atoms with Crippen LogP contribution in [0.2, 0.25) is 0 Å². The minimum absolute atomic E-state index is 0.169. The van der Waals surface area contributed by atoms with Crippen molar-refractivity contribution in [1.29, 1.82) is 0 Å². The molecule has 0 aromatic heterocycles. The summed E-state index contributed by atoms with van der Waals surface area (Å²) in [5.41, 5.74) is -0.169. The second kappa shape index (κ2) is 6.24. The Morgan fingerprint density at radius 3 is 1.50 bits per heavy atom. The van der Waals surface area contributed by atoms with Crippen LogP contribution in [-0.2, 0) is 13.7 Å². The lowest BCUT2D eigenvalue weighted by molar-refractivity contribution is 0.0989. The summed E-state index contributed by atoms with van der Waals surface area (Å²) in [6.45, 7) is 8.43. The van der Waals surface area contributed by atoms with E-state index in [1.807, 2.05) is 20.8 Å². The molecule has 0 aliphatic carbocycles. The van der Waals surface area contributed by atoms with E-state index in [2.05, 4.69) is 0 Å². The zero-order valence-electron chi connectivity index (χ0n) is 9.92. The highest BCUT2D eigenvalue weighted by Crippen LogP contribution is 2.47. The first kappa shape index (κ1) is 18.6. The van der Waals surface area contributed by atoms with E-state index in [0.717, 1.165) is 6.66 Å². The van der Waals surface area contributed by atoms with Gasteiger partial charge in [-0.3, -0.25) is 4.57 Å². The Hall–Kier alpha value is 0.230. The normalized spacial score (nSPS) is 18.1. The van der Waals surface area contributed by atoms with E-state index in [1.165, 1.54) is 0 Å². The van der Waals surface area contributed by atoms with Crippen molar-refractivity contribution in [3.05, 3.63) is 0 Å². The SMILES string of the molecule is CC(OP(C)(=O)F)C(C)(C)C.O=P(O)(O)O. The lowest BCUT2D eigenvalue weighted by Gasteiger charge is -2.27. The van der Waals surface area contributed by atoms with Crippen molar-refractivity contribution in [2.24, 2.45) is 5.41 Å². The van der Waals surface area contributed by atoms with Gasteiger partial charge in [-0.05, 0) is 12.3 Å². The summed E-state index contributed by atoms with van der Waals surface area (Å²) in [5, 5.41) is 0. The molecule has 3 N–H and O–H groups in total. The molecule has 9 heteroatoms. The van der Waals surface area contributed by atoms with Crippen molar-refractivity contribution in [3.63, 3.8) is 0 Å². The third kappa shape index (κ3) is 19.7. The molecule has 0 aromatic rings. The Labute approximate surface area is 94.6 Å². The van der Waals surface area contributed by atoms with Gasteiger partial charge in [0, 0.05) is 6.66 Å². The first-order valence-electron chi connectivity index (χ1n) is 4.37. The minimum Gasteiger partial charge on any atom is -0.303 e.